The summed E-state index contributed by atoms with van der Waals surface area (Å²) < 4.78 is 41.0. The third-order valence-electron chi connectivity index (χ3n) is 5.10. The van der Waals surface area contributed by atoms with Crippen molar-refractivity contribution in [2.45, 2.75) is 39.2 Å². The normalized spacial score (nSPS) is 16.6. The van der Waals surface area contributed by atoms with E-state index in [-0.39, 0.29) is 31.4 Å². The predicted molar refractivity (Wildman–Crippen MR) is 109 cm³/mol. The van der Waals surface area contributed by atoms with Crippen LogP contribution in [0.5, 0.6) is 0 Å². The first-order valence-corrected chi connectivity index (χ1v) is 10.0. The van der Waals surface area contributed by atoms with E-state index in [1.54, 1.807) is 29.2 Å². The summed E-state index contributed by atoms with van der Waals surface area (Å²) in [6.45, 7) is 1.74. The molecule has 1 aliphatic heterocycles. The van der Waals surface area contributed by atoms with Gasteiger partial charge in [-0.1, -0.05) is 54.1 Å². The van der Waals surface area contributed by atoms with Gasteiger partial charge in [-0.05, 0) is 23.6 Å². The molecule has 1 unspecified atom stereocenters. The van der Waals surface area contributed by atoms with Crippen LogP contribution in [-0.2, 0) is 34.0 Å². The van der Waals surface area contributed by atoms with Crippen LogP contribution in [0.15, 0.2) is 48.5 Å². The number of hydrogen-bond acceptors (Lipinski definition) is 3. The number of aryl methyl sites for hydroxylation is 1. The molecule has 31 heavy (non-hydrogen) atoms. The number of nitrogens with one attached hydrogen (secondary N) is 1. The second-order valence-corrected chi connectivity index (χ2v) is 7.80. The van der Waals surface area contributed by atoms with Crippen molar-refractivity contribution < 1.29 is 27.5 Å². The van der Waals surface area contributed by atoms with E-state index >= 15 is 0 Å². The predicted octanol–water partition coefficient (Wildman–Crippen LogP) is 3.74. The number of rotatable bonds is 8. The fourth-order valence-corrected chi connectivity index (χ4v) is 3.39. The number of hydrogen-bond donors (Lipinski definition) is 1. The van der Waals surface area contributed by atoms with Crippen LogP contribution in [0.1, 0.15) is 28.7 Å². The fourth-order valence-electron chi connectivity index (χ4n) is 3.39. The van der Waals surface area contributed by atoms with Crippen LogP contribution in [0.25, 0.3) is 0 Å². The number of likely N-dealkylation sites (tertiary alicyclic amines) is 1. The zero-order chi connectivity index (χ0) is 22.4. The molecule has 0 aliphatic carbocycles. The average molecular weight is 434 g/mol. The number of benzene rings is 2. The smallest absolute Gasteiger partial charge is 0.367 e. The zero-order valence-electron chi connectivity index (χ0n) is 17.2. The van der Waals surface area contributed by atoms with Crippen LogP contribution in [0.3, 0.4) is 0 Å². The highest BCUT2D eigenvalue weighted by Crippen LogP contribution is 2.21. The molecule has 0 aromatic heterocycles. The van der Waals surface area contributed by atoms with Gasteiger partial charge < -0.3 is 15.0 Å². The third kappa shape index (κ3) is 7.10. The Morgan fingerprint density at radius 3 is 2.32 bits per heavy atom. The Morgan fingerprint density at radius 2 is 1.68 bits per heavy atom. The van der Waals surface area contributed by atoms with Crippen molar-refractivity contribution in [3.63, 3.8) is 0 Å². The van der Waals surface area contributed by atoms with Crippen LogP contribution in [0.2, 0.25) is 0 Å². The monoisotopic (exact) mass is 434 g/mol. The number of nitrogens with zero attached hydrogens (tertiary/aromatic N) is 1. The van der Waals surface area contributed by atoms with Gasteiger partial charge in [-0.25, -0.2) is 0 Å². The Labute approximate surface area is 179 Å². The van der Waals surface area contributed by atoms with Crippen molar-refractivity contribution in [1.29, 1.82) is 0 Å². The summed E-state index contributed by atoms with van der Waals surface area (Å²) >= 11 is 0. The molecule has 0 radical (unpaired) electrons. The first-order valence-electron chi connectivity index (χ1n) is 10.0. The quantitative estimate of drug-likeness (QED) is 0.689. The standard InChI is InChI=1S/C23H25F3N2O3/c1-16-2-4-18(5-3-16)12-28-13-20(10-21(28)29)22(30)27-11-17-6-8-19(9-7-17)14-31-15-23(24,25)26/h2-9,20H,10-15H2,1H3,(H,27,30). The number of ether oxygens (including phenoxy) is 1. The lowest BCUT2D eigenvalue weighted by atomic mass is 10.1. The Morgan fingerprint density at radius 1 is 1.06 bits per heavy atom. The fraction of sp³-hybridized carbons (Fsp3) is 0.391. The Kier molecular flexibility index (Phi) is 7.33. The maximum Gasteiger partial charge on any atom is 0.411 e. The van der Waals surface area contributed by atoms with Gasteiger partial charge in [-0.2, -0.15) is 13.2 Å². The maximum absolute atomic E-state index is 12.5. The molecular formula is C23H25F3N2O3. The number of carbonyl (C=O) groups excluding carboxylic acids is 2. The van der Waals surface area contributed by atoms with Gasteiger partial charge >= 0.3 is 6.18 Å². The van der Waals surface area contributed by atoms with E-state index < -0.39 is 18.7 Å². The van der Waals surface area contributed by atoms with Crippen LogP contribution < -0.4 is 5.32 Å². The lowest BCUT2D eigenvalue weighted by Gasteiger charge is -2.17. The van der Waals surface area contributed by atoms with Crippen molar-refractivity contribution in [3.8, 4) is 0 Å². The van der Waals surface area contributed by atoms with E-state index in [0.29, 0.717) is 18.7 Å². The van der Waals surface area contributed by atoms with Gasteiger partial charge in [0.1, 0.15) is 6.61 Å². The molecule has 1 saturated heterocycles. The Bertz CT molecular complexity index is 896. The van der Waals surface area contributed by atoms with E-state index in [4.69, 9.17) is 0 Å². The molecular weight excluding hydrogens is 409 g/mol. The Hall–Kier alpha value is -2.87. The van der Waals surface area contributed by atoms with Crippen molar-refractivity contribution in [2.75, 3.05) is 13.2 Å². The lowest BCUT2D eigenvalue weighted by Crippen LogP contribution is -2.32. The number of halogens is 3. The van der Waals surface area contributed by atoms with Gasteiger partial charge in [0.15, 0.2) is 0 Å². The minimum absolute atomic E-state index is 0.0380. The highest BCUT2D eigenvalue weighted by Gasteiger charge is 2.34. The van der Waals surface area contributed by atoms with Gasteiger partial charge in [-0.3, -0.25) is 9.59 Å². The third-order valence-corrected chi connectivity index (χ3v) is 5.10. The maximum atomic E-state index is 12.5. The second kappa shape index (κ2) is 9.96. The molecule has 3 rings (SSSR count). The molecule has 5 nitrogen and oxygen atoms in total. The Balaban J connectivity index is 1.44. The van der Waals surface area contributed by atoms with Gasteiger partial charge in [0.25, 0.3) is 0 Å². The molecule has 1 fully saturated rings. The molecule has 0 spiro atoms. The minimum atomic E-state index is -4.35. The van der Waals surface area contributed by atoms with Gasteiger partial charge in [0.2, 0.25) is 11.8 Å². The molecule has 2 amide bonds. The molecule has 0 saturated carbocycles. The zero-order valence-corrected chi connectivity index (χ0v) is 17.2. The van der Waals surface area contributed by atoms with Crippen LogP contribution in [-0.4, -0.2) is 36.0 Å². The number of carbonyl (C=O) groups is 2. The summed E-state index contributed by atoms with van der Waals surface area (Å²) in [5, 5.41) is 2.84. The molecule has 1 aliphatic rings. The first kappa shape index (κ1) is 22.8. The molecule has 2 aromatic rings. The van der Waals surface area contributed by atoms with Crippen molar-refractivity contribution in [2.24, 2.45) is 5.92 Å². The van der Waals surface area contributed by atoms with Crippen molar-refractivity contribution >= 4 is 11.8 Å². The van der Waals surface area contributed by atoms with E-state index in [1.165, 1.54) is 0 Å². The topological polar surface area (TPSA) is 58.6 Å². The van der Waals surface area contributed by atoms with Crippen molar-refractivity contribution in [1.82, 2.24) is 10.2 Å². The SMILES string of the molecule is Cc1ccc(CN2CC(C(=O)NCc3ccc(COCC(F)(F)F)cc3)CC2=O)cc1. The average Bonchev–Trinajstić information content (AvgIpc) is 3.08. The summed E-state index contributed by atoms with van der Waals surface area (Å²) in [5.74, 6) is -0.616. The van der Waals surface area contributed by atoms with Crippen LogP contribution in [0, 0.1) is 12.8 Å². The van der Waals surface area contributed by atoms with Gasteiger partial charge in [0.05, 0.1) is 12.5 Å². The molecule has 166 valence electrons. The van der Waals surface area contributed by atoms with Gasteiger partial charge in [-0.15, -0.1) is 0 Å². The van der Waals surface area contributed by atoms with Crippen molar-refractivity contribution in [3.05, 3.63) is 70.8 Å². The van der Waals surface area contributed by atoms with E-state index in [0.717, 1.165) is 16.7 Å². The lowest BCUT2D eigenvalue weighted by molar-refractivity contribution is -0.176. The van der Waals surface area contributed by atoms with Gasteiger partial charge in [0, 0.05) is 26.1 Å². The number of alkyl halides is 3. The molecule has 1 atom stereocenters. The molecule has 8 heteroatoms. The summed E-state index contributed by atoms with van der Waals surface area (Å²) in [6, 6.07) is 14.7. The second-order valence-electron chi connectivity index (χ2n) is 7.80. The van der Waals surface area contributed by atoms with Crippen LogP contribution >= 0.6 is 0 Å². The number of amides is 2. The van der Waals surface area contributed by atoms with E-state index in [9.17, 15) is 22.8 Å². The highest BCUT2D eigenvalue weighted by molar-refractivity contribution is 5.89. The molecule has 1 heterocycles. The first-order chi connectivity index (χ1) is 14.7. The molecule has 0 bridgehead atoms. The summed E-state index contributed by atoms with van der Waals surface area (Å²) in [4.78, 5) is 26.5. The van der Waals surface area contributed by atoms with Crippen LogP contribution in [0.4, 0.5) is 13.2 Å². The largest absolute Gasteiger partial charge is 0.411 e. The highest BCUT2D eigenvalue weighted by atomic mass is 19.4. The summed E-state index contributed by atoms with van der Waals surface area (Å²) in [7, 11) is 0. The van der Waals surface area contributed by atoms with E-state index in [2.05, 4.69) is 10.1 Å². The minimum Gasteiger partial charge on any atom is -0.367 e. The molecule has 2 aromatic carbocycles. The molecule has 1 N–H and O–H groups in total. The summed E-state index contributed by atoms with van der Waals surface area (Å²) in [6.07, 6.45) is -4.16. The van der Waals surface area contributed by atoms with E-state index in [1.807, 2.05) is 31.2 Å². The summed E-state index contributed by atoms with van der Waals surface area (Å²) in [5.41, 5.74) is 3.61.